The van der Waals surface area contributed by atoms with E-state index in [-0.39, 0.29) is 5.75 Å². The van der Waals surface area contributed by atoms with Gasteiger partial charge in [-0.2, -0.15) is 4.31 Å². The number of anilines is 1. The highest BCUT2D eigenvalue weighted by atomic mass is 32.2. The van der Waals surface area contributed by atoms with Crippen molar-refractivity contribution in [3.05, 3.63) is 42.0 Å². The lowest BCUT2D eigenvalue weighted by Crippen LogP contribution is -2.34. The second-order valence-electron chi connectivity index (χ2n) is 4.12. The van der Waals surface area contributed by atoms with E-state index in [1.807, 2.05) is 12.2 Å². The standard InChI is InChI=1S/C12H16N2O2S/c13-12-6-4-11(5-7-12)10-17(15,16)14-8-2-1-3-9-14/h1-2,4-7H,3,8-10,13H2. The van der Waals surface area contributed by atoms with E-state index in [1.165, 1.54) is 4.31 Å². The third-order valence-electron chi connectivity index (χ3n) is 2.74. The van der Waals surface area contributed by atoms with Gasteiger partial charge >= 0.3 is 0 Å². The van der Waals surface area contributed by atoms with Crippen molar-refractivity contribution in [3.63, 3.8) is 0 Å². The Bertz CT molecular complexity index is 506. The van der Waals surface area contributed by atoms with Gasteiger partial charge in [0.05, 0.1) is 5.75 Å². The van der Waals surface area contributed by atoms with Gasteiger partial charge in [0.1, 0.15) is 0 Å². The van der Waals surface area contributed by atoms with Gasteiger partial charge in [0.25, 0.3) is 0 Å². The van der Waals surface area contributed by atoms with Gasteiger partial charge < -0.3 is 5.73 Å². The van der Waals surface area contributed by atoms with Crippen molar-refractivity contribution in [2.75, 3.05) is 18.8 Å². The van der Waals surface area contributed by atoms with Crippen LogP contribution < -0.4 is 5.73 Å². The highest BCUT2D eigenvalue weighted by molar-refractivity contribution is 7.88. The van der Waals surface area contributed by atoms with Gasteiger partial charge in [-0.15, -0.1) is 0 Å². The van der Waals surface area contributed by atoms with Crippen LogP contribution in [0.15, 0.2) is 36.4 Å². The summed E-state index contributed by atoms with van der Waals surface area (Å²) in [5.41, 5.74) is 6.98. The molecule has 0 saturated carbocycles. The Morgan fingerprint density at radius 2 is 1.88 bits per heavy atom. The maximum absolute atomic E-state index is 12.1. The molecule has 0 aromatic heterocycles. The van der Waals surface area contributed by atoms with Gasteiger partial charge in [0.2, 0.25) is 10.0 Å². The minimum absolute atomic E-state index is 0.0428. The minimum Gasteiger partial charge on any atom is -0.399 e. The number of hydrogen-bond donors (Lipinski definition) is 1. The number of nitrogens with zero attached hydrogens (tertiary/aromatic N) is 1. The largest absolute Gasteiger partial charge is 0.399 e. The summed E-state index contributed by atoms with van der Waals surface area (Å²) in [6.45, 7) is 1.06. The molecule has 1 aromatic rings. The van der Waals surface area contributed by atoms with Crippen molar-refractivity contribution in [1.29, 1.82) is 0 Å². The van der Waals surface area contributed by atoms with Crippen LogP contribution in [-0.4, -0.2) is 25.8 Å². The molecule has 1 aliphatic heterocycles. The number of benzene rings is 1. The highest BCUT2D eigenvalue weighted by Crippen LogP contribution is 2.15. The molecule has 1 heterocycles. The molecule has 0 spiro atoms. The SMILES string of the molecule is Nc1ccc(CS(=O)(=O)N2CC=CCC2)cc1. The summed E-state index contributed by atoms with van der Waals surface area (Å²) >= 11 is 0. The summed E-state index contributed by atoms with van der Waals surface area (Å²) in [7, 11) is -3.21. The zero-order valence-corrected chi connectivity index (χ0v) is 10.4. The topological polar surface area (TPSA) is 63.4 Å². The van der Waals surface area contributed by atoms with Crippen LogP contribution in [0, 0.1) is 0 Å². The second kappa shape index (κ2) is 4.89. The molecule has 5 heteroatoms. The van der Waals surface area contributed by atoms with E-state index in [2.05, 4.69) is 0 Å². The minimum atomic E-state index is -3.21. The zero-order valence-electron chi connectivity index (χ0n) is 9.54. The molecular formula is C12H16N2O2S. The Kier molecular flexibility index (Phi) is 3.49. The molecule has 1 aliphatic rings. The third kappa shape index (κ3) is 3.08. The van der Waals surface area contributed by atoms with E-state index < -0.39 is 10.0 Å². The number of nitrogens with two attached hydrogens (primary N) is 1. The molecule has 0 amide bonds. The molecule has 2 N–H and O–H groups in total. The Balaban J connectivity index is 2.11. The van der Waals surface area contributed by atoms with Crippen LogP contribution in [-0.2, 0) is 15.8 Å². The molecule has 0 unspecified atom stereocenters. The van der Waals surface area contributed by atoms with E-state index >= 15 is 0 Å². The molecule has 0 atom stereocenters. The number of nitrogen functional groups attached to an aromatic ring is 1. The molecule has 4 nitrogen and oxygen atoms in total. The zero-order chi connectivity index (χ0) is 12.3. The number of rotatable bonds is 3. The van der Waals surface area contributed by atoms with Crippen molar-refractivity contribution in [2.45, 2.75) is 12.2 Å². The lowest BCUT2D eigenvalue weighted by atomic mass is 10.2. The van der Waals surface area contributed by atoms with Crippen LogP contribution in [0.3, 0.4) is 0 Å². The van der Waals surface area contributed by atoms with Crippen molar-refractivity contribution < 1.29 is 8.42 Å². The molecule has 1 aromatic carbocycles. The van der Waals surface area contributed by atoms with Crippen LogP contribution >= 0.6 is 0 Å². The molecule has 0 fully saturated rings. The summed E-state index contributed by atoms with van der Waals surface area (Å²) in [6.07, 6.45) is 4.69. The molecule has 0 aliphatic carbocycles. The van der Waals surface area contributed by atoms with E-state index in [9.17, 15) is 8.42 Å². The second-order valence-corrected chi connectivity index (χ2v) is 6.08. The van der Waals surface area contributed by atoms with Crippen LogP contribution in [0.2, 0.25) is 0 Å². The molecular weight excluding hydrogens is 236 g/mol. The van der Waals surface area contributed by atoms with Gasteiger partial charge in [-0.05, 0) is 24.1 Å². The first-order valence-electron chi connectivity index (χ1n) is 5.55. The summed E-state index contributed by atoms with van der Waals surface area (Å²) in [5.74, 6) is 0.0428. The van der Waals surface area contributed by atoms with Gasteiger partial charge in [-0.1, -0.05) is 24.3 Å². The van der Waals surface area contributed by atoms with Gasteiger partial charge in [-0.3, -0.25) is 0 Å². The fourth-order valence-electron chi connectivity index (χ4n) is 1.79. The molecule has 92 valence electrons. The quantitative estimate of drug-likeness (QED) is 0.652. The Morgan fingerprint density at radius 1 is 1.18 bits per heavy atom. The third-order valence-corrected chi connectivity index (χ3v) is 4.56. The molecule has 0 bridgehead atoms. The van der Waals surface area contributed by atoms with Gasteiger partial charge in [-0.25, -0.2) is 8.42 Å². The summed E-state index contributed by atoms with van der Waals surface area (Å²) in [5, 5.41) is 0. The average molecular weight is 252 g/mol. The van der Waals surface area contributed by atoms with E-state index in [1.54, 1.807) is 24.3 Å². The summed E-state index contributed by atoms with van der Waals surface area (Å²) in [4.78, 5) is 0. The van der Waals surface area contributed by atoms with Crippen molar-refractivity contribution >= 4 is 15.7 Å². The number of hydrogen-bond acceptors (Lipinski definition) is 3. The molecule has 0 radical (unpaired) electrons. The highest BCUT2D eigenvalue weighted by Gasteiger charge is 2.22. The van der Waals surface area contributed by atoms with Gasteiger partial charge in [0, 0.05) is 18.8 Å². The Labute approximate surface area is 102 Å². The lowest BCUT2D eigenvalue weighted by Gasteiger charge is -2.22. The van der Waals surface area contributed by atoms with Crippen molar-refractivity contribution in [3.8, 4) is 0 Å². The summed E-state index contributed by atoms with van der Waals surface area (Å²) in [6, 6.07) is 6.96. The fraction of sp³-hybridized carbons (Fsp3) is 0.333. The normalized spacial score (nSPS) is 17.2. The average Bonchev–Trinajstić information content (AvgIpc) is 2.33. The van der Waals surface area contributed by atoms with E-state index in [4.69, 9.17) is 5.73 Å². The first-order valence-corrected chi connectivity index (χ1v) is 7.16. The fourth-order valence-corrected chi connectivity index (χ4v) is 3.28. The first kappa shape index (κ1) is 12.1. The Morgan fingerprint density at radius 3 is 2.47 bits per heavy atom. The number of sulfonamides is 1. The predicted molar refractivity (Wildman–Crippen MR) is 68.8 cm³/mol. The van der Waals surface area contributed by atoms with Crippen molar-refractivity contribution in [1.82, 2.24) is 4.31 Å². The van der Waals surface area contributed by atoms with Crippen molar-refractivity contribution in [2.24, 2.45) is 0 Å². The van der Waals surface area contributed by atoms with E-state index in [0.717, 1.165) is 12.0 Å². The van der Waals surface area contributed by atoms with Crippen LogP contribution in [0.4, 0.5) is 5.69 Å². The van der Waals surface area contributed by atoms with Crippen LogP contribution in [0.1, 0.15) is 12.0 Å². The molecule has 0 saturated heterocycles. The van der Waals surface area contributed by atoms with Crippen LogP contribution in [0.25, 0.3) is 0 Å². The maximum atomic E-state index is 12.1. The molecule has 17 heavy (non-hydrogen) atoms. The van der Waals surface area contributed by atoms with Crippen LogP contribution in [0.5, 0.6) is 0 Å². The summed E-state index contributed by atoms with van der Waals surface area (Å²) < 4.78 is 25.7. The first-order chi connectivity index (χ1) is 8.08. The predicted octanol–water partition coefficient (Wildman–Crippen LogP) is 1.36. The lowest BCUT2D eigenvalue weighted by molar-refractivity contribution is 0.437. The Hall–Kier alpha value is -1.33. The maximum Gasteiger partial charge on any atom is 0.218 e. The monoisotopic (exact) mass is 252 g/mol. The molecule has 2 rings (SSSR count). The van der Waals surface area contributed by atoms with E-state index in [0.29, 0.717) is 18.8 Å². The smallest absolute Gasteiger partial charge is 0.218 e. The van der Waals surface area contributed by atoms with Gasteiger partial charge in [0.15, 0.2) is 0 Å².